The Balaban J connectivity index is 1.96. The molecule has 0 aliphatic carbocycles. The zero-order valence-corrected chi connectivity index (χ0v) is 14.7. The summed E-state index contributed by atoms with van der Waals surface area (Å²) in [5.74, 6) is -0.745. The Kier molecular flexibility index (Phi) is 3.35. The van der Waals surface area contributed by atoms with Gasteiger partial charge in [0, 0.05) is 25.5 Å². The molecular formula is C16H9Br2N3O2. The number of nitrogens with one attached hydrogen (secondary N) is 2. The summed E-state index contributed by atoms with van der Waals surface area (Å²) in [6, 6.07) is 11.1. The molecule has 1 amide bonds. The van der Waals surface area contributed by atoms with Crippen LogP contribution in [0, 0.1) is 4.91 Å². The molecule has 3 aromatic rings. The summed E-state index contributed by atoms with van der Waals surface area (Å²) in [5.41, 5.74) is 3.14. The Morgan fingerprint density at radius 1 is 1.04 bits per heavy atom. The third kappa shape index (κ3) is 2.22. The van der Waals surface area contributed by atoms with E-state index in [2.05, 4.69) is 47.3 Å². The summed E-state index contributed by atoms with van der Waals surface area (Å²) < 4.78 is 1.77. The molecule has 4 rings (SSSR count). The van der Waals surface area contributed by atoms with E-state index in [4.69, 9.17) is 0 Å². The molecule has 0 saturated heterocycles. The molecule has 23 heavy (non-hydrogen) atoms. The third-order valence-corrected chi connectivity index (χ3v) is 4.97. The lowest BCUT2D eigenvalue weighted by Crippen LogP contribution is -2.13. The number of benzene rings is 2. The van der Waals surface area contributed by atoms with Gasteiger partial charge in [0.25, 0.3) is 0 Å². The van der Waals surface area contributed by atoms with E-state index in [1.165, 1.54) is 0 Å². The number of carbonyl (C=O) groups is 1. The van der Waals surface area contributed by atoms with Crippen LogP contribution in [0.25, 0.3) is 10.9 Å². The molecule has 0 saturated carbocycles. The highest BCUT2D eigenvalue weighted by Gasteiger charge is 2.35. The van der Waals surface area contributed by atoms with Crippen molar-refractivity contribution in [1.29, 1.82) is 0 Å². The Hall–Kier alpha value is -1.99. The molecule has 1 unspecified atom stereocenters. The lowest BCUT2D eigenvalue weighted by atomic mass is 9.96. The molecule has 1 atom stereocenters. The van der Waals surface area contributed by atoms with Crippen LogP contribution < -0.4 is 5.32 Å². The largest absolute Gasteiger partial charge is 0.355 e. The van der Waals surface area contributed by atoms with Crippen LogP contribution in [0.5, 0.6) is 0 Å². The summed E-state index contributed by atoms with van der Waals surface area (Å²) in [6.07, 6.45) is 0. The maximum Gasteiger partial charge on any atom is 0.238 e. The fourth-order valence-electron chi connectivity index (χ4n) is 3.00. The Bertz CT molecular complexity index is 981. The number of H-pyrrole nitrogens is 1. The van der Waals surface area contributed by atoms with Gasteiger partial charge in [0.15, 0.2) is 0 Å². The number of rotatable bonds is 2. The van der Waals surface area contributed by atoms with Gasteiger partial charge >= 0.3 is 0 Å². The summed E-state index contributed by atoms with van der Waals surface area (Å²) in [7, 11) is 0. The van der Waals surface area contributed by atoms with Crippen molar-refractivity contribution in [3.8, 4) is 0 Å². The van der Waals surface area contributed by atoms with Gasteiger partial charge in [-0.25, -0.2) is 0 Å². The van der Waals surface area contributed by atoms with E-state index >= 15 is 0 Å². The zero-order valence-electron chi connectivity index (χ0n) is 11.6. The molecule has 0 spiro atoms. The van der Waals surface area contributed by atoms with E-state index in [9.17, 15) is 9.70 Å². The monoisotopic (exact) mass is 433 g/mol. The van der Waals surface area contributed by atoms with Gasteiger partial charge in [-0.15, -0.1) is 4.91 Å². The van der Waals surface area contributed by atoms with Gasteiger partial charge in [0.05, 0.1) is 5.69 Å². The number of anilines is 1. The fraction of sp³-hybridized carbons (Fsp3) is 0.0625. The second kappa shape index (κ2) is 5.28. The number of hydrogen-bond donors (Lipinski definition) is 2. The van der Waals surface area contributed by atoms with Crippen LogP contribution in [0.2, 0.25) is 0 Å². The Morgan fingerprint density at radius 2 is 1.78 bits per heavy atom. The smallest absolute Gasteiger partial charge is 0.238 e. The van der Waals surface area contributed by atoms with Gasteiger partial charge in [-0.2, -0.15) is 0 Å². The number of halogens is 2. The maximum atomic E-state index is 12.5. The van der Waals surface area contributed by atoms with Crippen molar-refractivity contribution >= 4 is 60.0 Å². The van der Waals surface area contributed by atoms with Crippen LogP contribution in [0.3, 0.4) is 0 Å². The van der Waals surface area contributed by atoms with Crippen LogP contribution in [0.4, 0.5) is 11.4 Å². The lowest BCUT2D eigenvalue weighted by Gasteiger charge is -2.07. The van der Waals surface area contributed by atoms with Crippen LogP contribution in [0.1, 0.15) is 17.2 Å². The molecule has 1 aliphatic heterocycles. The number of fused-ring (bicyclic) bond motifs is 2. The number of aromatic amines is 1. The predicted molar refractivity (Wildman–Crippen MR) is 96.1 cm³/mol. The number of nitroso groups, excluding NO2 is 1. The highest BCUT2D eigenvalue weighted by atomic mass is 79.9. The second-order valence-electron chi connectivity index (χ2n) is 5.32. The Labute approximate surface area is 147 Å². The highest BCUT2D eigenvalue weighted by molar-refractivity contribution is 9.10. The molecule has 1 aliphatic rings. The SMILES string of the molecule is O=Nc1c(C2C(=O)Nc3cc(Br)ccc32)[nH]c2cc(Br)ccc12. The highest BCUT2D eigenvalue weighted by Crippen LogP contribution is 2.44. The predicted octanol–water partition coefficient (Wildman–Crippen LogP) is 5.17. The fourth-order valence-corrected chi connectivity index (χ4v) is 3.73. The molecule has 0 bridgehead atoms. The molecule has 7 heteroatoms. The topological polar surface area (TPSA) is 74.3 Å². The average molecular weight is 435 g/mol. The molecular weight excluding hydrogens is 426 g/mol. The minimum atomic E-state index is -0.572. The molecule has 114 valence electrons. The molecule has 1 aromatic heterocycles. The first-order chi connectivity index (χ1) is 11.1. The number of amides is 1. The number of aromatic nitrogens is 1. The van der Waals surface area contributed by atoms with E-state index in [0.29, 0.717) is 11.1 Å². The van der Waals surface area contributed by atoms with Crippen molar-refractivity contribution in [3.05, 3.63) is 61.5 Å². The van der Waals surface area contributed by atoms with Crippen LogP contribution in [-0.4, -0.2) is 10.9 Å². The van der Waals surface area contributed by atoms with Gasteiger partial charge in [0.2, 0.25) is 5.91 Å². The van der Waals surface area contributed by atoms with Crippen LogP contribution in [-0.2, 0) is 4.79 Å². The summed E-state index contributed by atoms with van der Waals surface area (Å²) >= 11 is 6.80. The van der Waals surface area contributed by atoms with Gasteiger partial charge in [0.1, 0.15) is 11.6 Å². The third-order valence-electron chi connectivity index (χ3n) is 3.99. The van der Waals surface area contributed by atoms with Crippen molar-refractivity contribution < 1.29 is 4.79 Å². The van der Waals surface area contributed by atoms with Crippen molar-refractivity contribution in [1.82, 2.24) is 4.98 Å². The Morgan fingerprint density at radius 3 is 2.57 bits per heavy atom. The van der Waals surface area contributed by atoms with Gasteiger partial charge in [-0.3, -0.25) is 4.79 Å². The summed E-state index contributed by atoms with van der Waals surface area (Å²) in [4.78, 5) is 27.0. The quantitative estimate of drug-likeness (QED) is 0.545. The van der Waals surface area contributed by atoms with E-state index in [1.807, 2.05) is 36.4 Å². The van der Waals surface area contributed by atoms with E-state index < -0.39 is 5.92 Å². The standard InChI is InChI=1S/C16H9Br2N3O2/c17-7-1-3-9-11(5-7)20-16(22)13(9)15-14(21-23)10-4-2-8(18)6-12(10)19-15/h1-6,13,19H,(H,20,22). The van der Waals surface area contributed by atoms with Crippen LogP contribution >= 0.6 is 31.9 Å². The van der Waals surface area contributed by atoms with Gasteiger partial charge in [-0.1, -0.05) is 37.9 Å². The van der Waals surface area contributed by atoms with Crippen molar-refractivity contribution in [2.75, 3.05) is 5.32 Å². The summed E-state index contributed by atoms with van der Waals surface area (Å²) in [5, 5.41) is 6.73. The molecule has 5 nitrogen and oxygen atoms in total. The van der Waals surface area contributed by atoms with E-state index in [1.54, 1.807) is 0 Å². The van der Waals surface area contributed by atoms with Crippen molar-refractivity contribution in [2.24, 2.45) is 5.18 Å². The minimum Gasteiger partial charge on any atom is -0.355 e. The normalized spacial score (nSPS) is 16.4. The van der Waals surface area contributed by atoms with E-state index in [-0.39, 0.29) is 11.6 Å². The van der Waals surface area contributed by atoms with Crippen molar-refractivity contribution in [3.63, 3.8) is 0 Å². The molecule has 2 N–H and O–H groups in total. The molecule has 0 fully saturated rings. The minimum absolute atomic E-state index is 0.173. The van der Waals surface area contributed by atoms with Crippen LogP contribution in [0.15, 0.2) is 50.5 Å². The lowest BCUT2D eigenvalue weighted by molar-refractivity contribution is -0.116. The molecule has 0 radical (unpaired) electrons. The molecule has 2 aromatic carbocycles. The average Bonchev–Trinajstić information content (AvgIpc) is 3.01. The first-order valence-corrected chi connectivity index (χ1v) is 8.42. The number of nitrogens with zero attached hydrogens (tertiary/aromatic N) is 1. The zero-order chi connectivity index (χ0) is 16.1. The van der Waals surface area contributed by atoms with E-state index in [0.717, 1.165) is 25.7 Å². The van der Waals surface area contributed by atoms with Gasteiger partial charge < -0.3 is 10.3 Å². The first-order valence-electron chi connectivity index (χ1n) is 6.83. The first kappa shape index (κ1) is 14.6. The maximum absolute atomic E-state index is 12.5. The molecule has 2 heterocycles. The number of hydrogen-bond acceptors (Lipinski definition) is 3. The van der Waals surface area contributed by atoms with Crippen molar-refractivity contribution in [2.45, 2.75) is 5.92 Å². The summed E-state index contributed by atoms with van der Waals surface area (Å²) in [6.45, 7) is 0. The van der Waals surface area contributed by atoms with Gasteiger partial charge in [-0.05, 0) is 41.1 Å². The number of carbonyl (C=O) groups excluding carboxylic acids is 1. The second-order valence-corrected chi connectivity index (χ2v) is 7.15.